The van der Waals surface area contributed by atoms with Crippen LogP contribution >= 0.6 is 0 Å². The Bertz CT molecular complexity index is 1230. The van der Waals surface area contributed by atoms with Crippen LogP contribution in [0.4, 0.5) is 4.79 Å². The zero-order valence-corrected chi connectivity index (χ0v) is 29.9. The lowest BCUT2D eigenvalue weighted by molar-refractivity contribution is -0.293. The minimum atomic E-state index is -1.45. The topological polar surface area (TPSA) is 131 Å². The molecule has 9 nitrogen and oxygen atoms in total. The molecule has 0 unspecified atom stereocenters. The van der Waals surface area contributed by atoms with Crippen LogP contribution < -0.4 is 5.32 Å². The Labute approximate surface area is 270 Å². The van der Waals surface area contributed by atoms with Crippen LogP contribution in [0, 0.1) is 45.8 Å². The van der Waals surface area contributed by atoms with Crippen molar-refractivity contribution in [2.24, 2.45) is 45.8 Å². The maximum absolute atomic E-state index is 14.5. The first-order chi connectivity index (χ1) is 20.4. The molecule has 11 atom stereocenters. The van der Waals surface area contributed by atoms with Gasteiger partial charge in [0, 0.05) is 28.7 Å². The van der Waals surface area contributed by atoms with Crippen LogP contribution in [0.5, 0.6) is 0 Å². The van der Waals surface area contributed by atoms with Crippen LogP contribution in [0.2, 0.25) is 0 Å². The van der Waals surface area contributed by atoms with Crippen LogP contribution in [-0.2, 0) is 23.8 Å². The molecule has 1 heterocycles. The number of carbonyl (C=O) groups is 3. The smallest absolute Gasteiger partial charge is 0.407 e. The van der Waals surface area contributed by atoms with Gasteiger partial charge in [0.05, 0.1) is 24.2 Å². The quantitative estimate of drug-likeness (QED) is 0.255. The predicted molar refractivity (Wildman–Crippen MR) is 171 cm³/mol. The largest absolute Gasteiger partial charge is 0.457 e. The number of amides is 1. The number of hydrogen-bond acceptors (Lipinski definition) is 8. The third kappa shape index (κ3) is 5.67. The van der Waals surface area contributed by atoms with Crippen molar-refractivity contribution in [1.29, 1.82) is 0 Å². The normalized spacial score (nSPS) is 40.7. The summed E-state index contributed by atoms with van der Waals surface area (Å²) >= 11 is 0. The maximum Gasteiger partial charge on any atom is 0.407 e. The van der Waals surface area contributed by atoms with Crippen molar-refractivity contribution >= 4 is 17.8 Å². The van der Waals surface area contributed by atoms with Gasteiger partial charge in [-0.1, -0.05) is 55.4 Å². The van der Waals surface area contributed by atoms with Crippen LogP contribution in [0.25, 0.3) is 0 Å². The molecule has 1 saturated heterocycles. The number of fused-ring (bicyclic) bond motifs is 5. The highest BCUT2D eigenvalue weighted by Gasteiger charge is 2.72. The van der Waals surface area contributed by atoms with E-state index in [1.165, 1.54) is 0 Å². The third-order valence-electron chi connectivity index (χ3n) is 12.4. The first kappa shape index (κ1) is 35.9. The monoisotopic (exact) mass is 633 g/mol. The lowest BCUT2D eigenvalue weighted by Crippen LogP contribution is -2.73. The fourth-order valence-electron chi connectivity index (χ4n) is 9.64. The highest BCUT2D eigenvalue weighted by atomic mass is 16.6. The van der Waals surface area contributed by atoms with E-state index in [0.717, 1.165) is 6.42 Å². The molecule has 3 fully saturated rings. The fourth-order valence-corrected chi connectivity index (χ4v) is 9.64. The Balaban J connectivity index is 1.73. The lowest BCUT2D eigenvalue weighted by atomic mass is 9.39. The molecule has 2 saturated carbocycles. The molecule has 0 radical (unpaired) electrons. The molecule has 3 N–H and O–H groups in total. The van der Waals surface area contributed by atoms with Gasteiger partial charge in [-0.2, -0.15) is 0 Å². The second-order valence-electron chi connectivity index (χ2n) is 17.2. The molecule has 0 aromatic heterocycles. The molecule has 0 spiro atoms. The van der Waals surface area contributed by atoms with E-state index in [1.54, 1.807) is 34.6 Å². The summed E-state index contributed by atoms with van der Waals surface area (Å²) in [5, 5.41) is 27.8. The summed E-state index contributed by atoms with van der Waals surface area (Å²) in [6.45, 7) is 25.4. The number of aliphatic hydroxyl groups excluding tert-OH is 1. The van der Waals surface area contributed by atoms with Crippen LogP contribution in [0.15, 0.2) is 11.1 Å². The van der Waals surface area contributed by atoms with Crippen molar-refractivity contribution in [3.8, 4) is 0 Å². The van der Waals surface area contributed by atoms with E-state index in [-0.39, 0.29) is 47.4 Å². The van der Waals surface area contributed by atoms with E-state index in [4.69, 9.17) is 14.2 Å². The Morgan fingerprint density at radius 1 is 1.11 bits per heavy atom. The van der Waals surface area contributed by atoms with Crippen LogP contribution in [0.3, 0.4) is 0 Å². The molecule has 1 amide bonds. The highest BCUT2D eigenvalue weighted by molar-refractivity contribution is 5.93. The number of esters is 1. The zero-order chi connectivity index (χ0) is 34.2. The number of hydrogen-bond donors (Lipinski definition) is 3. The molecule has 4 rings (SSSR count). The summed E-state index contributed by atoms with van der Waals surface area (Å²) in [5.41, 5.74) is -3.25. The van der Waals surface area contributed by atoms with E-state index in [1.807, 2.05) is 41.5 Å². The lowest BCUT2D eigenvalue weighted by Gasteiger charge is -2.69. The standard InChI is InChI=1S/C36H59NO8/c1-18(2)14-23(37-31(41)45-32(7,8)9)20(4)30(40)44-24-16-36(42)22(6)28-34(12)17-43-25(34)15-19(3)35(28,13)29(39)27(38)26(21(24)5)33(36,10)11/h18-20,22-25,27-28,38,42H,14-17H2,1-13H3,(H,37,41)/t19-,20+,22-,23-,24-,25+,27+,28+,34+,35+,36+/m0/s1. The van der Waals surface area contributed by atoms with Crippen molar-refractivity contribution in [3.63, 3.8) is 0 Å². The number of alkyl carbamates (subject to hydrolysis) is 1. The number of carbonyl (C=O) groups excluding carboxylic acids is 3. The van der Waals surface area contributed by atoms with Gasteiger partial charge < -0.3 is 29.7 Å². The van der Waals surface area contributed by atoms with Crippen molar-refractivity contribution < 1.29 is 38.8 Å². The van der Waals surface area contributed by atoms with Crippen molar-refractivity contribution in [2.45, 2.75) is 145 Å². The molecule has 2 bridgehead atoms. The number of ether oxygens (including phenoxy) is 3. The van der Waals surface area contributed by atoms with Crippen LogP contribution in [-0.4, -0.2) is 70.2 Å². The van der Waals surface area contributed by atoms with Gasteiger partial charge in [-0.3, -0.25) is 9.59 Å². The molecule has 9 heteroatoms. The highest BCUT2D eigenvalue weighted by Crippen LogP contribution is 2.68. The second kappa shape index (κ2) is 11.6. The Morgan fingerprint density at radius 3 is 2.22 bits per heavy atom. The number of rotatable bonds is 6. The summed E-state index contributed by atoms with van der Waals surface area (Å²) < 4.78 is 17.7. The van der Waals surface area contributed by atoms with E-state index in [2.05, 4.69) is 19.2 Å². The summed E-state index contributed by atoms with van der Waals surface area (Å²) in [7, 11) is 0. The predicted octanol–water partition coefficient (Wildman–Crippen LogP) is 5.60. The second-order valence-corrected chi connectivity index (χ2v) is 17.2. The SMILES string of the molecule is CC1=C2[C@@H](O)C(=O)[C@@]3(C)[C@H]([C@H](C)[C@](O)(C[C@@H]1OC(=O)[C@H](C)[C@H](CC(C)C)NC(=O)OC(C)(C)C)C2(C)C)[C@]1(C)CO[C@@H]1C[C@@H]3C. The average Bonchev–Trinajstić information content (AvgIpc) is 2.89. The van der Waals surface area contributed by atoms with Gasteiger partial charge in [0.2, 0.25) is 0 Å². The Hall–Kier alpha value is -1.97. The van der Waals surface area contributed by atoms with Crippen molar-refractivity contribution in [1.82, 2.24) is 5.32 Å². The van der Waals surface area contributed by atoms with Gasteiger partial charge >= 0.3 is 12.1 Å². The minimum absolute atomic E-state index is 0.0192. The average molecular weight is 634 g/mol. The van der Waals surface area contributed by atoms with Gasteiger partial charge in [0.1, 0.15) is 17.8 Å². The first-order valence-corrected chi connectivity index (χ1v) is 16.9. The molecular formula is C36H59NO8. The van der Waals surface area contributed by atoms with E-state index in [0.29, 0.717) is 24.2 Å². The van der Waals surface area contributed by atoms with Gasteiger partial charge in [0.25, 0.3) is 0 Å². The van der Waals surface area contributed by atoms with E-state index < -0.39 is 58.3 Å². The van der Waals surface area contributed by atoms with Crippen molar-refractivity contribution in [2.75, 3.05) is 6.61 Å². The Morgan fingerprint density at radius 2 is 1.71 bits per heavy atom. The molecule has 1 aliphatic heterocycles. The molecule has 256 valence electrons. The van der Waals surface area contributed by atoms with Gasteiger partial charge in [-0.15, -0.1) is 0 Å². The summed E-state index contributed by atoms with van der Waals surface area (Å²) in [6, 6.07) is -0.542. The van der Waals surface area contributed by atoms with Gasteiger partial charge in [-0.05, 0) is 82.3 Å². The number of ketones is 1. The fraction of sp³-hybridized carbons (Fsp3) is 0.861. The first-order valence-electron chi connectivity index (χ1n) is 16.9. The Kier molecular flexibility index (Phi) is 9.26. The summed E-state index contributed by atoms with van der Waals surface area (Å²) in [4.78, 5) is 41.0. The third-order valence-corrected chi connectivity index (χ3v) is 12.4. The molecule has 4 aliphatic rings. The summed E-state index contributed by atoms with van der Waals surface area (Å²) in [5.74, 6) is -1.99. The number of nitrogens with one attached hydrogen (secondary N) is 1. The molecule has 0 aromatic rings. The number of Topliss-reactive ketones (excluding diaryl/α,β-unsaturated/α-hetero) is 1. The number of aliphatic hydroxyl groups is 2. The molecular weight excluding hydrogens is 574 g/mol. The van der Waals surface area contributed by atoms with Crippen LogP contribution in [0.1, 0.15) is 109 Å². The maximum atomic E-state index is 14.5. The van der Waals surface area contributed by atoms with Gasteiger partial charge in [0.15, 0.2) is 5.78 Å². The minimum Gasteiger partial charge on any atom is -0.457 e. The van der Waals surface area contributed by atoms with E-state index >= 15 is 0 Å². The zero-order valence-electron chi connectivity index (χ0n) is 29.9. The van der Waals surface area contributed by atoms with E-state index in [9.17, 15) is 24.6 Å². The molecule has 0 aromatic carbocycles. The molecule has 45 heavy (non-hydrogen) atoms. The summed E-state index contributed by atoms with van der Waals surface area (Å²) in [6.07, 6.45) is -1.54. The van der Waals surface area contributed by atoms with Crippen molar-refractivity contribution in [3.05, 3.63) is 11.1 Å². The van der Waals surface area contributed by atoms with Gasteiger partial charge in [-0.25, -0.2) is 4.79 Å². The molecule has 3 aliphatic carbocycles.